The Hall–Kier alpha value is -1.07. The summed E-state index contributed by atoms with van der Waals surface area (Å²) in [6.07, 6.45) is 1.93. The number of nitrogens with one attached hydrogen (secondary N) is 1. The van der Waals surface area contributed by atoms with E-state index < -0.39 is 0 Å². The van der Waals surface area contributed by atoms with Crippen molar-refractivity contribution in [3.8, 4) is 0 Å². The minimum atomic E-state index is -0.0235. The minimum absolute atomic E-state index is 0.0235. The van der Waals surface area contributed by atoms with E-state index >= 15 is 0 Å². The summed E-state index contributed by atoms with van der Waals surface area (Å²) in [7, 11) is 0. The standard InChI is InChI=1S/C15H19BrN2OS/c1-4-18-9-11(16)8-12(18)15(19)17-14(10(2)3)13-6-5-7-20-13/h5-10,14H,4H2,1-3H3,(H,17,19). The molecule has 0 radical (unpaired) electrons. The maximum absolute atomic E-state index is 12.5. The molecule has 5 heteroatoms. The summed E-state index contributed by atoms with van der Waals surface area (Å²) in [4.78, 5) is 13.7. The van der Waals surface area contributed by atoms with Crippen molar-refractivity contribution in [3.05, 3.63) is 44.8 Å². The molecule has 0 saturated carbocycles. The third-order valence-electron chi connectivity index (χ3n) is 3.24. The van der Waals surface area contributed by atoms with Crippen molar-refractivity contribution in [2.45, 2.75) is 33.4 Å². The topological polar surface area (TPSA) is 34.0 Å². The Morgan fingerprint density at radius 3 is 2.80 bits per heavy atom. The molecular formula is C15H19BrN2OS. The number of nitrogens with zero attached hydrogens (tertiary/aromatic N) is 1. The second-order valence-corrected chi connectivity index (χ2v) is 6.94. The van der Waals surface area contributed by atoms with Crippen molar-refractivity contribution in [1.82, 2.24) is 9.88 Å². The van der Waals surface area contributed by atoms with Gasteiger partial charge in [-0.2, -0.15) is 0 Å². The molecule has 2 aromatic rings. The Kier molecular flexibility index (Phi) is 5.05. The van der Waals surface area contributed by atoms with Crippen molar-refractivity contribution in [1.29, 1.82) is 0 Å². The molecule has 2 heterocycles. The summed E-state index contributed by atoms with van der Waals surface area (Å²) in [5.74, 6) is 0.329. The van der Waals surface area contributed by atoms with Crippen molar-refractivity contribution in [2.75, 3.05) is 0 Å². The van der Waals surface area contributed by atoms with E-state index in [9.17, 15) is 4.79 Å². The first kappa shape index (κ1) is 15.3. The summed E-state index contributed by atoms with van der Waals surface area (Å²) in [5.41, 5.74) is 0.696. The molecule has 0 saturated heterocycles. The van der Waals surface area contributed by atoms with Gasteiger partial charge in [0.15, 0.2) is 0 Å². The highest BCUT2D eigenvalue weighted by Gasteiger charge is 2.21. The zero-order valence-corrected chi connectivity index (χ0v) is 14.3. The number of carbonyl (C=O) groups is 1. The van der Waals surface area contributed by atoms with Gasteiger partial charge in [-0.25, -0.2) is 0 Å². The first-order valence-corrected chi connectivity index (χ1v) is 8.40. The number of carbonyl (C=O) groups excluding carboxylic acids is 1. The van der Waals surface area contributed by atoms with Crippen LogP contribution in [0.1, 0.15) is 42.2 Å². The zero-order valence-electron chi connectivity index (χ0n) is 11.9. The number of amides is 1. The van der Waals surface area contributed by atoms with Crippen molar-refractivity contribution in [2.24, 2.45) is 5.92 Å². The molecule has 1 amide bonds. The molecular weight excluding hydrogens is 336 g/mol. The average molecular weight is 355 g/mol. The number of halogens is 1. The van der Waals surface area contributed by atoms with Crippen LogP contribution in [-0.2, 0) is 6.54 Å². The molecule has 1 N–H and O–H groups in total. The van der Waals surface area contributed by atoms with Gasteiger partial charge in [0, 0.05) is 22.1 Å². The molecule has 0 aliphatic heterocycles. The van der Waals surface area contributed by atoms with E-state index in [1.807, 2.05) is 35.2 Å². The molecule has 0 fully saturated rings. The van der Waals surface area contributed by atoms with Gasteiger partial charge in [-0.3, -0.25) is 4.79 Å². The lowest BCUT2D eigenvalue weighted by molar-refractivity contribution is 0.0917. The Labute approximate surface area is 132 Å². The van der Waals surface area contributed by atoms with Gasteiger partial charge < -0.3 is 9.88 Å². The second-order valence-electron chi connectivity index (χ2n) is 5.04. The molecule has 0 bridgehead atoms. The lowest BCUT2D eigenvalue weighted by Crippen LogP contribution is -2.32. The molecule has 108 valence electrons. The van der Waals surface area contributed by atoms with Crippen LogP contribution in [0.15, 0.2) is 34.2 Å². The number of thiophene rings is 1. The van der Waals surface area contributed by atoms with Gasteiger partial charge in [0.05, 0.1) is 6.04 Å². The zero-order chi connectivity index (χ0) is 14.7. The Bertz CT molecular complexity index is 575. The number of hydrogen-bond acceptors (Lipinski definition) is 2. The van der Waals surface area contributed by atoms with Crippen LogP contribution in [-0.4, -0.2) is 10.5 Å². The molecule has 3 nitrogen and oxygen atoms in total. The Morgan fingerprint density at radius 2 is 2.25 bits per heavy atom. The maximum Gasteiger partial charge on any atom is 0.268 e. The van der Waals surface area contributed by atoms with Gasteiger partial charge in [-0.1, -0.05) is 19.9 Å². The van der Waals surface area contributed by atoms with Crippen molar-refractivity contribution >= 4 is 33.2 Å². The number of hydrogen-bond donors (Lipinski definition) is 1. The summed E-state index contributed by atoms with van der Waals surface area (Å²) < 4.78 is 2.88. The molecule has 2 rings (SSSR count). The second kappa shape index (κ2) is 6.59. The largest absolute Gasteiger partial charge is 0.343 e. The van der Waals surface area contributed by atoms with Crippen molar-refractivity contribution < 1.29 is 4.79 Å². The molecule has 0 aliphatic carbocycles. The number of rotatable bonds is 5. The third kappa shape index (κ3) is 3.33. The summed E-state index contributed by atoms with van der Waals surface area (Å²) in [6.45, 7) is 7.06. The molecule has 0 aromatic carbocycles. The summed E-state index contributed by atoms with van der Waals surface area (Å²) >= 11 is 5.11. The van der Waals surface area contributed by atoms with Gasteiger partial charge in [-0.05, 0) is 46.3 Å². The van der Waals surface area contributed by atoms with E-state index in [0.29, 0.717) is 11.6 Å². The van der Waals surface area contributed by atoms with Crippen LogP contribution in [0.5, 0.6) is 0 Å². The quantitative estimate of drug-likeness (QED) is 0.844. The monoisotopic (exact) mass is 354 g/mol. The van der Waals surface area contributed by atoms with Gasteiger partial charge >= 0.3 is 0 Å². The highest BCUT2D eigenvalue weighted by atomic mass is 79.9. The van der Waals surface area contributed by atoms with Crippen LogP contribution >= 0.6 is 27.3 Å². The summed E-state index contributed by atoms with van der Waals surface area (Å²) in [5, 5.41) is 5.20. The molecule has 2 aromatic heterocycles. The first-order valence-electron chi connectivity index (χ1n) is 6.72. The number of aromatic nitrogens is 1. The van der Waals surface area contributed by atoms with E-state index in [1.165, 1.54) is 4.88 Å². The Balaban J connectivity index is 2.20. The van der Waals surface area contributed by atoms with E-state index in [2.05, 4.69) is 41.2 Å². The van der Waals surface area contributed by atoms with Gasteiger partial charge in [0.25, 0.3) is 5.91 Å². The van der Waals surface area contributed by atoms with Gasteiger partial charge in [0.1, 0.15) is 5.69 Å². The van der Waals surface area contributed by atoms with E-state index in [4.69, 9.17) is 0 Å². The van der Waals surface area contributed by atoms with Gasteiger partial charge in [0.2, 0.25) is 0 Å². The first-order chi connectivity index (χ1) is 9.52. The SMILES string of the molecule is CCn1cc(Br)cc1C(=O)NC(c1cccs1)C(C)C. The van der Waals surface area contributed by atoms with Crippen LogP contribution in [0, 0.1) is 5.92 Å². The van der Waals surface area contributed by atoms with E-state index in [0.717, 1.165) is 11.0 Å². The highest BCUT2D eigenvalue weighted by Crippen LogP contribution is 2.26. The predicted octanol–water partition coefficient (Wildman–Crippen LogP) is 4.46. The fourth-order valence-electron chi connectivity index (χ4n) is 2.18. The minimum Gasteiger partial charge on any atom is -0.343 e. The molecule has 0 aliphatic rings. The van der Waals surface area contributed by atoms with Crippen LogP contribution in [0.2, 0.25) is 0 Å². The van der Waals surface area contributed by atoms with Crippen LogP contribution in [0.25, 0.3) is 0 Å². The lowest BCUT2D eigenvalue weighted by atomic mass is 10.0. The van der Waals surface area contributed by atoms with Crippen molar-refractivity contribution in [3.63, 3.8) is 0 Å². The normalized spacial score (nSPS) is 12.7. The third-order valence-corrected chi connectivity index (χ3v) is 4.63. The fourth-order valence-corrected chi connectivity index (χ4v) is 3.59. The smallest absolute Gasteiger partial charge is 0.268 e. The van der Waals surface area contributed by atoms with E-state index in [1.54, 1.807) is 11.3 Å². The van der Waals surface area contributed by atoms with Crippen LogP contribution < -0.4 is 5.32 Å². The predicted molar refractivity (Wildman–Crippen MR) is 87.2 cm³/mol. The Morgan fingerprint density at radius 1 is 1.50 bits per heavy atom. The fraction of sp³-hybridized carbons (Fsp3) is 0.400. The molecule has 1 unspecified atom stereocenters. The van der Waals surface area contributed by atoms with Crippen LogP contribution in [0.4, 0.5) is 0 Å². The molecule has 20 heavy (non-hydrogen) atoms. The van der Waals surface area contributed by atoms with Crippen LogP contribution in [0.3, 0.4) is 0 Å². The average Bonchev–Trinajstić information content (AvgIpc) is 3.04. The maximum atomic E-state index is 12.5. The molecule has 0 spiro atoms. The highest BCUT2D eigenvalue weighted by molar-refractivity contribution is 9.10. The lowest BCUT2D eigenvalue weighted by Gasteiger charge is -2.21. The number of aryl methyl sites for hydroxylation is 1. The summed E-state index contributed by atoms with van der Waals surface area (Å²) in [6, 6.07) is 6.02. The van der Waals surface area contributed by atoms with E-state index in [-0.39, 0.29) is 11.9 Å². The van der Waals surface area contributed by atoms with Gasteiger partial charge in [-0.15, -0.1) is 11.3 Å². The molecule has 1 atom stereocenters.